The van der Waals surface area contributed by atoms with E-state index in [1.165, 1.54) is 6.07 Å². The Hall–Kier alpha value is -2.98. The quantitative estimate of drug-likeness (QED) is 0.455. The molecular weight excluding hydrogens is 473 g/mol. The number of fused-ring (bicyclic) bond motifs is 1. The number of carbonyl (C=O) groups is 1. The number of aromatic nitrogens is 4. The van der Waals surface area contributed by atoms with Crippen LogP contribution in [0.4, 0.5) is 22.0 Å². The maximum Gasteiger partial charge on any atom is 0.224 e. The van der Waals surface area contributed by atoms with Crippen LogP contribution < -0.4 is 16.4 Å². The molecule has 1 aliphatic heterocycles. The van der Waals surface area contributed by atoms with Gasteiger partial charge in [-0.2, -0.15) is 4.98 Å². The SMILES string of the molecule is Cc1cc(Cl)cc(F)c1Nc1nc2cnc(NC3CCOCC3)nc2n1[C@H]1CC[C@H](C(N)=O)CC1. The van der Waals surface area contributed by atoms with Gasteiger partial charge < -0.3 is 21.1 Å². The molecule has 2 aliphatic rings. The second-order valence-corrected chi connectivity index (χ2v) is 9.79. The first-order valence-electron chi connectivity index (χ1n) is 12.0. The Balaban J connectivity index is 1.52. The minimum absolute atomic E-state index is 0.0274. The van der Waals surface area contributed by atoms with Gasteiger partial charge in [-0.1, -0.05) is 11.6 Å². The summed E-state index contributed by atoms with van der Waals surface area (Å²) in [6.07, 6.45) is 6.31. The number of rotatable bonds is 6. The van der Waals surface area contributed by atoms with Crippen LogP contribution in [-0.2, 0) is 9.53 Å². The Morgan fingerprint density at radius 3 is 2.60 bits per heavy atom. The van der Waals surface area contributed by atoms with Gasteiger partial charge >= 0.3 is 0 Å². The predicted octanol–water partition coefficient (Wildman–Crippen LogP) is 4.48. The summed E-state index contributed by atoms with van der Waals surface area (Å²) in [5, 5.41) is 6.92. The van der Waals surface area contributed by atoms with E-state index in [2.05, 4.69) is 15.6 Å². The summed E-state index contributed by atoms with van der Waals surface area (Å²) in [5.74, 6) is 0.148. The van der Waals surface area contributed by atoms with Gasteiger partial charge in [-0.15, -0.1) is 0 Å². The van der Waals surface area contributed by atoms with Crippen molar-refractivity contribution in [3.8, 4) is 0 Å². The zero-order chi connectivity index (χ0) is 24.5. The number of primary amides is 1. The van der Waals surface area contributed by atoms with Gasteiger partial charge in [0.15, 0.2) is 5.65 Å². The normalized spacial score (nSPS) is 21.2. The van der Waals surface area contributed by atoms with Crippen LogP contribution in [0.3, 0.4) is 0 Å². The number of hydrogen-bond acceptors (Lipinski definition) is 7. The number of anilines is 3. The van der Waals surface area contributed by atoms with Crippen LogP contribution in [0.15, 0.2) is 18.3 Å². The average molecular weight is 502 g/mol. The van der Waals surface area contributed by atoms with E-state index < -0.39 is 5.82 Å². The van der Waals surface area contributed by atoms with E-state index >= 15 is 0 Å². The van der Waals surface area contributed by atoms with Crippen molar-refractivity contribution in [1.82, 2.24) is 19.5 Å². The van der Waals surface area contributed by atoms with Crippen molar-refractivity contribution < 1.29 is 13.9 Å². The largest absolute Gasteiger partial charge is 0.381 e. The van der Waals surface area contributed by atoms with Crippen molar-refractivity contribution in [1.29, 1.82) is 0 Å². The molecular formula is C24H29ClFN7O2. The lowest BCUT2D eigenvalue weighted by Gasteiger charge is -2.29. The molecule has 9 nitrogen and oxygen atoms in total. The van der Waals surface area contributed by atoms with E-state index in [4.69, 9.17) is 32.0 Å². The van der Waals surface area contributed by atoms with Crippen molar-refractivity contribution in [3.63, 3.8) is 0 Å². The van der Waals surface area contributed by atoms with Crippen LogP contribution in [0.2, 0.25) is 5.02 Å². The summed E-state index contributed by atoms with van der Waals surface area (Å²) in [7, 11) is 0. The molecule has 4 N–H and O–H groups in total. The van der Waals surface area contributed by atoms with E-state index in [0.29, 0.717) is 65.4 Å². The minimum Gasteiger partial charge on any atom is -0.381 e. The van der Waals surface area contributed by atoms with Crippen LogP contribution in [0, 0.1) is 18.7 Å². The highest BCUT2D eigenvalue weighted by Gasteiger charge is 2.29. The van der Waals surface area contributed by atoms with Gasteiger partial charge in [0.1, 0.15) is 11.3 Å². The number of carbonyl (C=O) groups excluding carboxylic acids is 1. The Labute approximate surface area is 207 Å². The fourth-order valence-electron chi connectivity index (χ4n) is 5.01. The van der Waals surface area contributed by atoms with Crippen molar-refractivity contribution in [2.75, 3.05) is 23.8 Å². The zero-order valence-corrected chi connectivity index (χ0v) is 20.3. The molecule has 2 fully saturated rings. The second kappa shape index (κ2) is 9.94. The van der Waals surface area contributed by atoms with Crippen LogP contribution in [0.1, 0.15) is 50.1 Å². The number of hydrogen-bond donors (Lipinski definition) is 3. The molecule has 1 aliphatic carbocycles. The number of amides is 1. The van der Waals surface area contributed by atoms with Crippen LogP contribution in [-0.4, -0.2) is 44.7 Å². The first-order chi connectivity index (χ1) is 16.9. The molecule has 0 spiro atoms. The topological polar surface area (TPSA) is 120 Å². The molecule has 11 heteroatoms. The van der Waals surface area contributed by atoms with Crippen LogP contribution >= 0.6 is 11.6 Å². The van der Waals surface area contributed by atoms with E-state index in [1.807, 2.05) is 4.57 Å². The minimum atomic E-state index is -0.459. The number of nitrogens with two attached hydrogens (primary N) is 1. The fraction of sp³-hybridized carbons (Fsp3) is 0.500. The fourth-order valence-corrected chi connectivity index (χ4v) is 5.27. The number of nitrogens with one attached hydrogen (secondary N) is 2. The van der Waals surface area contributed by atoms with E-state index in [-0.39, 0.29) is 23.9 Å². The molecule has 0 radical (unpaired) electrons. The van der Waals surface area contributed by atoms with Crippen molar-refractivity contribution in [3.05, 3.63) is 34.7 Å². The maximum absolute atomic E-state index is 14.8. The van der Waals surface area contributed by atoms with Gasteiger partial charge in [-0.05, 0) is 63.1 Å². The molecule has 0 bridgehead atoms. The molecule has 1 amide bonds. The van der Waals surface area contributed by atoms with Gasteiger partial charge in [0.25, 0.3) is 0 Å². The predicted molar refractivity (Wildman–Crippen MR) is 132 cm³/mol. The summed E-state index contributed by atoms with van der Waals surface area (Å²) in [5.41, 5.74) is 7.79. The van der Waals surface area contributed by atoms with Gasteiger partial charge in [0.05, 0.1) is 11.9 Å². The summed E-state index contributed by atoms with van der Waals surface area (Å²) in [6, 6.07) is 3.25. The molecule has 2 aromatic heterocycles. The maximum atomic E-state index is 14.8. The van der Waals surface area contributed by atoms with Gasteiger partial charge in [0.2, 0.25) is 17.8 Å². The zero-order valence-electron chi connectivity index (χ0n) is 19.6. The van der Waals surface area contributed by atoms with E-state index in [1.54, 1.807) is 19.2 Å². The van der Waals surface area contributed by atoms with Gasteiger partial charge in [0, 0.05) is 36.2 Å². The van der Waals surface area contributed by atoms with Crippen molar-refractivity contribution >= 4 is 46.3 Å². The molecule has 1 saturated carbocycles. The summed E-state index contributed by atoms with van der Waals surface area (Å²) < 4.78 is 22.3. The third-order valence-corrected chi connectivity index (χ3v) is 7.16. The van der Waals surface area contributed by atoms with Crippen molar-refractivity contribution in [2.45, 2.75) is 57.5 Å². The Kier molecular flexibility index (Phi) is 6.75. The number of nitrogens with zero attached hydrogens (tertiary/aromatic N) is 4. The standard InChI is InChI=1S/C24H29ClFN7O2/c1-13-10-15(25)11-18(26)20(13)31-24-30-19-12-28-23(29-16-6-8-35-9-7-16)32-22(19)33(24)17-4-2-14(3-5-17)21(27)34/h10-12,14,16-17H,2-9H2,1H3,(H2,27,34)(H,30,31)(H,28,29,32)/t14-,17-. The number of ether oxygens (including phenoxy) is 1. The molecule has 3 heterocycles. The second-order valence-electron chi connectivity index (χ2n) is 9.35. The lowest BCUT2D eigenvalue weighted by molar-refractivity contribution is -0.122. The van der Waals surface area contributed by atoms with Gasteiger partial charge in [-0.25, -0.2) is 14.4 Å². The van der Waals surface area contributed by atoms with Crippen LogP contribution in [0.5, 0.6) is 0 Å². The Morgan fingerprint density at radius 2 is 1.91 bits per heavy atom. The number of halogens is 2. The lowest BCUT2D eigenvalue weighted by atomic mass is 9.85. The highest BCUT2D eigenvalue weighted by Crippen LogP contribution is 2.38. The monoisotopic (exact) mass is 501 g/mol. The highest BCUT2D eigenvalue weighted by atomic mass is 35.5. The summed E-state index contributed by atoms with van der Waals surface area (Å²) in [6.45, 7) is 3.21. The summed E-state index contributed by atoms with van der Waals surface area (Å²) >= 11 is 6.02. The number of benzene rings is 1. The third-order valence-electron chi connectivity index (χ3n) is 6.94. The molecule has 5 rings (SSSR count). The molecule has 0 unspecified atom stereocenters. The van der Waals surface area contributed by atoms with E-state index in [0.717, 1.165) is 25.7 Å². The molecule has 35 heavy (non-hydrogen) atoms. The smallest absolute Gasteiger partial charge is 0.224 e. The Bertz CT molecular complexity index is 1210. The molecule has 1 aromatic carbocycles. The van der Waals surface area contributed by atoms with Gasteiger partial charge in [-0.3, -0.25) is 9.36 Å². The van der Waals surface area contributed by atoms with E-state index in [9.17, 15) is 9.18 Å². The van der Waals surface area contributed by atoms with Crippen molar-refractivity contribution in [2.24, 2.45) is 11.7 Å². The van der Waals surface area contributed by atoms with Crippen LogP contribution in [0.25, 0.3) is 11.2 Å². The number of imidazole rings is 1. The third kappa shape index (κ3) is 5.04. The highest BCUT2D eigenvalue weighted by molar-refractivity contribution is 6.30. The lowest BCUT2D eigenvalue weighted by Crippen LogP contribution is -2.29. The molecule has 3 aromatic rings. The number of aryl methyl sites for hydroxylation is 1. The first kappa shape index (κ1) is 23.7. The molecule has 186 valence electrons. The first-order valence-corrected chi connectivity index (χ1v) is 12.4. The molecule has 0 atom stereocenters. The Morgan fingerprint density at radius 1 is 1.17 bits per heavy atom. The average Bonchev–Trinajstić information content (AvgIpc) is 3.19. The summed E-state index contributed by atoms with van der Waals surface area (Å²) in [4.78, 5) is 25.7. The molecule has 1 saturated heterocycles.